The van der Waals surface area contributed by atoms with Gasteiger partial charge < -0.3 is 4.74 Å². The molecule has 1 aliphatic heterocycles. The Labute approximate surface area is 83.9 Å². The lowest BCUT2D eigenvalue weighted by Gasteiger charge is -2.05. The van der Waals surface area contributed by atoms with Crippen molar-refractivity contribution in [2.75, 3.05) is 0 Å². The van der Waals surface area contributed by atoms with Crippen molar-refractivity contribution in [2.45, 2.75) is 33.1 Å². The molecule has 0 saturated heterocycles. The summed E-state index contributed by atoms with van der Waals surface area (Å²) in [6.45, 7) is 4.19. The van der Waals surface area contributed by atoms with Gasteiger partial charge in [0.2, 0.25) is 0 Å². The number of ether oxygens (including phenoxy) is 1. The monoisotopic (exact) mass is 190 g/mol. The van der Waals surface area contributed by atoms with Crippen LogP contribution in [0.25, 0.3) is 0 Å². The van der Waals surface area contributed by atoms with Gasteiger partial charge in [-0.05, 0) is 30.5 Å². The number of carbonyl (C=O) groups excluding carboxylic acids is 1. The number of rotatable bonds is 2. The molecular weight excluding hydrogens is 176 g/mol. The smallest absolute Gasteiger partial charge is 0.315 e. The number of esters is 1. The maximum atomic E-state index is 11.1. The average molecular weight is 190 g/mol. The fraction of sp³-hybridized carbons (Fsp3) is 0.417. The van der Waals surface area contributed by atoms with Crippen molar-refractivity contribution in [2.24, 2.45) is 0 Å². The highest BCUT2D eigenvalue weighted by Crippen LogP contribution is 2.30. The van der Waals surface area contributed by atoms with Gasteiger partial charge in [-0.1, -0.05) is 19.4 Å². The molecule has 0 radical (unpaired) electrons. The SMILES string of the molecule is CCCc1cc(C)c2c(c1)OC(=O)C2. The molecule has 2 nitrogen and oxygen atoms in total. The van der Waals surface area contributed by atoms with Crippen molar-refractivity contribution in [1.29, 1.82) is 0 Å². The maximum absolute atomic E-state index is 11.1. The Hall–Kier alpha value is -1.31. The normalized spacial score (nSPS) is 14.0. The zero-order valence-corrected chi connectivity index (χ0v) is 8.59. The molecule has 0 amide bonds. The quantitative estimate of drug-likeness (QED) is 0.528. The number of fused-ring (bicyclic) bond motifs is 1. The first kappa shape index (κ1) is 9.25. The molecule has 1 aliphatic rings. The van der Waals surface area contributed by atoms with E-state index in [1.807, 2.05) is 13.0 Å². The van der Waals surface area contributed by atoms with Crippen LogP contribution in [0.15, 0.2) is 12.1 Å². The van der Waals surface area contributed by atoms with Crippen LogP contribution in [0.2, 0.25) is 0 Å². The topological polar surface area (TPSA) is 26.3 Å². The summed E-state index contributed by atoms with van der Waals surface area (Å²) in [6, 6.07) is 4.15. The molecule has 0 aromatic heterocycles. The van der Waals surface area contributed by atoms with Crippen molar-refractivity contribution >= 4 is 5.97 Å². The Balaban J connectivity index is 2.40. The van der Waals surface area contributed by atoms with Gasteiger partial charge in [0.15, 0.2) is 0 Å². The second-order valence-electron chi connectivity index (χ2n) is 3.79. The molecule has 2 rings (SSSR count). The third-order valence-electron chi connectivity index (χ3n) is 2.58. The van der Waals surface area contributed by atoms with Crippen LogP contribution >= 0.6 is 0 Å². The highest BCUT2D eigenvalue weighted by molar-refractivity contribution is 5.81. The molecule has 2 heteroatoms. The molecule has 1 heterocycles. The molecule has 0 bridgehead atoms. The minimum Gasteiger partial charge on any atom is -0.426 e. The van der Waals surface area contributed by atoms with E-state index in [2.05, 4.69) is 13.0 Å². The lowest BCUT2D eigenvalue weighted by molar-refractivity contribution is -0.131. The minimum absolute atomic E-state index is 0.128. The molecule has 1 aromatic carbocycles. The number of benzene rings is 1. The molecule has 0 N–H and O–H groups in total. The maximum Gasteiger partial charge on any atom is 0.315 e. The van der Waals surface area contributed by atoms with E-state index in [1.54, 1.807) is 0 Å². The second kappa shape index (κ2) is 3.45. The second-order valence-corrected chi connectivity index (χ2v) is 3.79. The summed E-state index contributed by atoms with van der Waals surface area (Å²) in [4.78, 5) is 11.1. The molecular formula is C12H14O2. The van der Waals surface area contributed by atoms with Crippen molar-refractivity contribution < 1.29 is 9.53 Å². The van der Waals surface area contributed by atoms with E-state index in [9.17, 15) is 4.79 Å². The summed E-state index contributed by atoms with van der Waals surface area (Å²) in [5, 5.41) is 0. The Kier molecular flexibility index (Phi) is 2.28. The molecule has 0 spiro atoms. The molecule has 0 atom stereocenters. The fourth-order valence-electron chi connectivity index (χ4n) is 1.91. The summed E-state index contributed by atoms with van der Waals surface area (Å²) in [5.41, 5.74) is 3.50. The predicted molar refractivity (Wildman–Crippen MR) is 54.5 cm³/mol. The van der Waals surface area contributed by atoms with E-state index in [-0.39, 0.29) is 5.97 Å². The predicted octanol–water partition coefficient (Wildman–Crippen LogP) is 2.41. The molecule has 0 aliphatic carbocycles. The zero-order chi connectivity index (χ0) is 10.1. The average Bonchev–Trinajstić information content (AvgIpc) is 2.47. The summed E-state index contributed by atoms with van der Waals surface area (Å²) in [7, 11) is 0. The Morgan fingerprint density at radius 1 is 1.43 bits per heavy atom. The third-order valence-corrected chi connectivity index (χ3v) is 2.58. The Bertz CT molecular complexity index is 380. The number of hydrogen-bond acceptors (Lipinski definition) is 2. The van der Waals surface area contributed by atoms with Crippen molar-refractivity contribution in [3.8, 4) is 5.75 Å². The standard InChI is InChI=1S/C12H14O2/c1-3-4-9-5-8(2)10-7-12(13)14-11(10)6-9/h5-6H,3-4,7H2,1-2H3. The van der Waals surface area contributed by atoms with Crippen LogP contribution in [0.4, 0.5) is 0 Å². The van der Waals surface area contributed by atoms with E-state index in [1.165, 1.54) is 11.1 Å². The van der Waals surface area contributed by atoms with E-state index >= 15 is 0 Å². The molecule has 0 unspecified atom stereocenters. The molecule has 74 valence electrons. The number of hydrogen-bond donors (Lipinski definition) is 0. The van der Waals surface area contributed by atoms with E-state index in [0.29, 0.717) is 6.42 Å². The van der Waals surface area contributed by atoms with Crippen LogP contribution in [0.1, 0.15) is 30.0 Å². The number of aryl methyl sites for hydroxylation is 2. The van der Waals surface area contributed by atoms with E-state index in [4.69, 9.17) is 4.74 Å². The number of carbonyl (C=O) groups is 1. The van der Waals surface area contributed by atoms with Crippen LogP contribution < -0.4 is 4.74 Å². The van der Waals surface area contributed by atoms with Gasteiger partial charge in [0, 0.05) is 5.56 Å². The van der Waals surface area contributed by atoms with Crippen LogP contribution in [-0.2, 0) is 17.6 Å². The molecule has 14 heavy (non-hydrogen) atoms. The fourth-order valence-corrected chi connectivity index (χ4v) is 1.91. The van der Waals surface area contributed by atoms with Crippen molar-refractivity contribution in [1.82, 2.24) is 0 Å². The zero-order valence-electron chi connectivity index (χ0n) is 8.59. The largest absolute Gasteiger partial charge is 0.426 e. The van der Waals surface area contributed by atoms with E-state index < -0.39 is 0 Å². The molecule has 1 aromatic rings. The first-order chi connectivity index (χ1) is 6.70. The third kappa shape index (κ3) is 1.52. The van der Waals surface area contributed by atoms with Gasteiger partial charge in [0.05, 0.1) is 6.42 Å². The summed E-state index contributed by atoms with van der Waals surface area (Å²) < 4.78 is 5.14. The van der Waals surface area contributed by atoms with Gasteiger partial charge in [-0.3, -0.25) is 4.79 Å². The molecule has 0 saturated carbocycles. The van der Waals surface area contributed by atoms with Gasteiger partial charge in [-0.2, -0.15) is 0 Å². The van der Waals surface area contributed by atoms with Gasteiger partial charge in [0.1, 0.15) is 5.75 Å². The first-order valence-corrected chi connectivity index (χ1v) is 5.03. The van der Waals surface area contributed by atoms with Crippen molar-refractivity contribution in [3.63, 3.8) is 0 Å². The lowest BCUT2D eigenvalue weighted by Crippen LogP contribution is -2.00. The van der Waals surface area contributed by atoms with Crippen LogP contribution in [-0.4, -0.2) is 5.97 Å². The summed E-state index contributed by atoms with van der Waals surface area (Å²) in [6.07, 6.45) is 2.60. The van der Waals surface area contributed by atoms with Gasteiger partial charge in [-0.25, -0.2) is 0 Å². The van der Waals surface area contributed by atoms with Gasteiger partial charge >= 0.3 is 5.97 Å². The molecule has 0 fully saturated rings. The van der Waals surface area contributed by atoms with Crippen LogP contribution in [0.5, 0.6) is 5.75 Å². The van der Waals surface area contributed by atoms with Gasteiger partial charge in [-0.15, -0.1) is 0 Å². The van der Waals surface area contributed by atoms with Crippen LogP contribution in [0.3, 0.4) is 0 Å². The minimum atomic E-state index is -0.128. The van der Waals surface area contributed by atoms with Gasteiger partial charge in [0.25, 0.3) is 0 Å². The Morgan fingerprint density at radius 3 is 2.93 bits per heavy atom. The lowest BCUT2D eigenvalue weighted by atomic mass is 10.0. The highest BCUT2D eigenvalue weighted by atomic mass is 16.5. The first-order valence-electron chi connectivity index (χ1n) is 5.03. The summed E-state index contributed by atoms with van der Waals surface area (Å²) in [5.74, 6) is 0.648. The van der Waals surface area contributed by atoms with Crippen molar-refractivity contribution in [3.05, 3.63) is 28.8 Å². The Morgan fingerprint density at radius 2 is 2.21 bits per heavy atom. The van der Waals surface area contributed by atoms with Crippen LogP contribution in [0, 0.1) is 6.92 Å². The highest BCUT2D eigenvalue weighted by Gasteiger charge is 2.22. The van der Waals surface area contributed by atoms with E-state index in [0.717, 1.165) is 24.2 Å². The summed E-state index contributed by atoms with van der Waals surface area (Å²) >= 11 is 0.